The van der Waals surface area contributed by atoms with Crippen molar-refractivity contribution in [3.8, 4) is 0 Å². The fourth-order valence-electron chi connectivity index (χ4n) is 2.53. The lowest BCUT2D eigenvalue weighted by molar-refractivity contribution is -0.130. The molecule has 1 unspecified atom stereocenters. The second kappa shape index (κ2) is 5.63. The summed E-state index contributed by atoms with van der Waals surface area (Å²) in [5.41, 5.74) is 6.29. The van der Waals surface area contributed by atoms with Gasteiger partial charge in [-0.2, -0.15) is 0 Å². The van der Waals surface area contributed by atoms with Crippen LogP contribution < -0.4 is 5.73 Å². The third kappa shape index (κ3) is 3.27. The summed E-state index contributed by atoms with van der Waals surface area (Å²) in [6, 6.07) is -0.491. The van der Waals surface area contributed by atoms with Gasteiger partial charge in [-0.3, -0.25) is 9.69 Å². The molecule has 1 amide bonds. The average Bonchev–Trinajstić information content (AvgIpc) is 2.30. The number of rotatable bonds is 3. The van der Waals surface area contributed by atoms with E-state index in [0.29, 0.717) is 18.9 Å². The predicted molar refractivity (Wildman–Crippen MR) is 70.3 cm³/mol. The first-order valence-corrected chi connectivity index (χ1v) is 6.44. The number of carbonyl (C=O) groups is 1. The first-order chi connectivity index (χ1) is 8.97. The van der Waals surface area contributed by atoms with Crippen LogP contribution in [-0.2, 0) is 9.53 Å². The van der Waals surface area contributed by atoms with Gasteiger partial charge in [-0.1, -0.05) is 0 Å². The Hall–Kier alpha value is -1.53. The van der Waals surface area contributed by atoms with Crippen LogP contribution in [0.5, 0.6) is 0 Å². The van der Waals surface area contributed by atoms with Crippen LogP contribution in [0.3, 0.4) is 0 Å². The molecule has 6 nitrogen and oxygen atoms in total. The van der Waals surface area contributed by atoms with E-state index in [4.69, 9.17) is 10.5 Å². The zero-order valence-electron chi connectivity index (χ0n) is 11.5. The van der Waals surface area contributed by atoms with E-state index in [0.717, 1.165) is 5.56 Å². The van der Waals surface area contributed by atoms with E-state index in [1.165, 1.54) is 0 Å². The molecule has 0 saturated carbocycles. The molecule has 3 atom stereocenters. The molecule has 0 radical (unpaired) electrons. The van der Waals surface area contributed by atoms with Crippen LogP contribution in [0.1, 0.15) is 31.3 Å². The maximum absolute atomic E-state index is 11.8. The Morgan fingerprint density at radius 3 is 2.37 bits per heavy atom. The molecule has 2 heterocycles. The van der Waals surface area contributed by atoms with E-state index in [1.807, 2.05) is 25.7 Å². The molecule has 0 aromatic carbocycles. The molecular formula is C13H20N4O2. The van der Waals surface area contributed by atoms with Crippen molar-refractivity contribution >= 4 is 5.91 Å². The van der Waals surface area contributed by atoms with Crippen molar-refractivity contribution in [2.75, 3.05) is 13.1 Å². The number of amides is 1. The van der Waals surface area contributed by atoms with Crippen molar-refractivity contribution in [3.63, 3.8) is 0 Å². The van der Waals surface area contributed by atoms with Crippen LogP contribution in [-0.4, -0.2) is 46.1 Å². The predicted octanol–water partition coefficient (Wildman–Crippen LogP) is 0.421. The molecule has 1 fully saturated rings. The van der Waals surface area contributed by atoms with Crippen molar-refractivity contribution in [1.82, 2.24) is 14.9 Å². The fourth-order valence-corrected chi connectivity index (χ4v) is 2.53. The molecule has 19 heavy (non-hydrogen) atoms. The number of nitrogens with zero attached hydrogens (tertiary/aromatic N) is 3. The molecule has 1 aromatic heterocycles. The number of morpholine rings is 1. The Morgan fingerprint density at radius 2 is 1.89 bits per heavy atom. The summed E-state index contributed by atoms with van der Waals surface area (Å²) in [7, 11) is 0. The third-order valence-corrected chi connectivity index (χ3v) is 3.20. The normalized spacial score (nSPS) is 26.1. The van der Waals surface area contributed by atoms with Crippen LogP contribution in [0.25, 0.3) is 0 Å². The Bertz CT molecular complexity index is 438. The van der Waals surface area contributed by atoms with Crippen LogP contribution in [0.15, 0.2) is 12.4 Å². The molecule has 6 heteroatoms. The summed E-state index contributed by atoms with van der Waals surface area (Å²) in [5.74, 6) is 0.296. The molecule has 1 aliphatic rings. The lowest BCUT2D eigenvalue weighted by Crippen LogP contribution is -2.50. The van der Waals surface area contributed by atoms with E-state index < -0.39 is 6.04 Å². The van der Waals surface area contributed by atoms with Gasteiger partial charge in [0.15, 0.2) is 0 Å². The van der Waals surface area contributed by atoms with Gasteiger partial charge in [-0.15, -0.1) is 0 Å². The lowest BCUT2D eigenvalue weighted by atomic mass is 10.1. The average molecular weight is 264 g/mol. The largest absolute Gasteiger partial charge is 0.373 e. The van der Waals surface area contributed by atoms with Gasteiger partial charge in [-0.05, 0) is 20.8 Å². The molecular weight excluding hydrogens is 244 g/mol. The van der Waals surface area contributed by atoms with Crippen molar-refractivity contribution in [2.45, 2.75) is 39.0 Å². The molecule has 1 aromatic rings. The second-order valence-electron chi connectivity index (χ2n) is 5.08. The number of ether oxygens (including phenoxy) is 1. The van der Waals surface area contributed by atoms with E-state index in [1.54, 1.807) is 12.4 Å². The summed E-state index contributed by atoms with van der Waals surface area (Å²) in [6.45, 7) is 7.14. The molecule has 104 valence electrons. The van der Waals surface area contributed by atoms with Gasteiger partial charge in [0, 0.05) is 31.0 Å². The fraction of sp³-hybridized carbons (Fsp3) is 0.615. The highest BCUT2D eigenvalue weighted by Gasteiger charge is 2.32. The molecule has 0 spiro atoms. The quantitative estimate of drug-likeness (QED) is 0.855. The summed E-state index contributed by atoms with van der Waals surface area (Å²) in [6.07, 6.45) is 3.50. The Morgan fingerprint density at radius 1 is 1.37 bits per heavy atom. The first-order valence-electron chi connectivity index (χ1n) is 6.44. The van der Waals surface area contributed by atoms with Gasteiger partial charge >= 0.3 is 0 Å². The molecule has 1 saturated heterocycles. The molecule has 0 aliphatic carbocycles. The summed E-state index contributed by atoms with van der Waals surface area (Å²) < 4.78 is 5.68. The number of nitrogens with two attached hydrogens (primary N) is 1. The number of primary amides is 1. The minimum absolute atomic E-state index is 0.0805. The Kier molecular flexibility index (Phi) is 4.11. The summed E-state index contributed by atoms with van der Waals surface area (Å²) in [5, 5.41) is 0. The summed E-state index contributed by atoms with van der Waals surface area (Å²) >= 11 is 0. The zero-order chi connectivity index (χ0) is 14.0. The van der Waals surface area contributed by atoms with Crippen molar-refractivity contribution in [1.29, 1.82) is 0 Å². The van der Waals surface area contributed by atoms with E-state index in [9.17, 15) is 4.79 Å². The standard InChI is InChI=1S/C13H20N4O2/c1-8-6-17(7-9(2)19-8)12(13(14)18)11-4-15-10(3)16-5-11/h4-5,8-9,12H,6-7H2,1-3H3,(H2,14,18)/t8-,9+,12?. The number of carbonyl (C=O) groups excluding carboxylic acids is 1. The Balaban J connectivity index is 2.24. The molecule has 0 bridgehead atoms. The Labute approximate surface area is 113 Å². The lowest BCUT2D eigenvalue weighted by Gasteiger charge is -2.38. The highest BCUT2D eigenvalue weighted by molar-refractivity contribution is 5.81. The highest BCUT2D eigenvalue weighted by Crippen LogP contribution is 2.23. The third-order valence-electron chi connectivity index (χ3n) is 3.20. The van der Waals surface area contributed by atoms with Gasteiger partial charge in [0.05, 0.1) is 12.2 Å². The van der Waals surface area contributed by atoms with Crippen LogP contribution in [0.4, 0.5) is 0 Å². The first kappa shape index (κ1) is 13.9. The second-order valence-corrected chi connectivity index (χ2v) is 5.08. The van der Waals surface area contributed by atoms with Gasteiger partial charge < -0.3 is 10.5 Å². The molecule has 1 aliphatic heterocycles. The number of aryl methyl sites for hydroxylation is 1. The van der Waals surface area contributed by atoms with Crippen molar-refractivity contribution in [2.24, 2.45) is 5.73 Å². The van der Waals surface area contributed by atoms with Gasteiger partial charge in [0.1, 0.15) is 11.9 Å². The monoisotopic (exact) mass is 264 g/mol. The molecule has 2 rings (SSSR count). The SMILES string of the molecule is Cc1ncc(C(C(N)=O)N2C[C@@H](C)O[C@@H](C)C2)cn1. The van der Waals surface area contributed by atoms with Crippen molar-refractivity contribution < 1.29 is 9.53 Å². The smallest absolute Gasteiger partial charge is 0.239 e. The van der Waals surface area contributed by atoms with Gasteiger partial charge in [0.2, 0.25) is 5.91 Å². The van der Waals surface area contributed by atoms with E-state index in [2.05, 4.69) is 9.97 Å². The summed E-state index contributed by atoms with van der Waals surface area (Å²) in [4.78, 5) is 22.1. The topological polar surface area (TPSA) is 81.3 Å². The van der Waals surface area contributed by atoms with Crippen molar-refractivity contribution in [3.05, 3.63) is 23.8 Å². The van der Waals surface area contributed by atoms with Gasteiger partial charge in [-0.25, -0.2) is 9.97 Å². The van der Waals surface area contributed by atoms with Gasteiger partial charge in [0.25, 0.3) is 0 Å². The van der Waals surface area contributed by atoms with E-state index in [-0.39, 0.29) is 18.1 Å². The minimum atomic E-state index is -0.491. The highest BCUT2D eigenvalue weighted by atomic mass is 16.5. The number of hydrogen-bond acceptors (Lipinski definition) is 5. The zero-order valence-corrected chi connectivity index (χ0v) is 11.5. The molecule has 2 N–H and O–H groups in total. The van der Waals surface area contributed by atoms with Crippen LogP contribution in [0, 0.1) is 6.92 Å². The number of aromatic nitrogens is 2. The van der Waals surface area contributed by atoms with Crippen LogP contribution in [0.2, 0.25) is 0 Å². The number of hydrogen-bond donors (Lipinski definition) is 1. The maximum atomic E-state index is 11.8. The van der Waals surface area contributed by atoms with E-state index >= 15 is 0 Å². The van der Waals surface area contributed by atoms with Crippen LogP contribution >= 0.6 is 0 Å². The maximum Gasteiger partial charge on any atom is 0.239 e. The minimum Gasteiger partial charge on any atom is -0.373 e.